The van der Waals surface area contributed by atoms with Crippen molar-refractivity contribution in [3.63, 3.8) is 0 Å². The summed E-state index contributed by atoms with van der Waals surface area (Å²) < 4.78 is 16.6. The average Bonchev–Trinajstić information content (AvgIpc) is 2.78. The first-order valence-electron chi connectivity index (χ1n) is 9.87. The number of rotatable bonds is 8. The molecular weight excluding hydrogens is 392 g/mol. The molecule has 0 bridgehead atoms. The fourth-order valence-electron chi connectivity index (χ4n) is 3.13. The lowest BCUT2D eigenvalue weighted by Gasteiger charge is -2.13. The molecule has 0 aliphatic carbocycles. The van der Waals surface area contributed by atoms with Crippen molar-refractivity contribution < 1.29 is 24.1 Å². The normalized spacial score (nSPS) is 10.8. The van der Waals surface area contributed by atoms with E-state index in [1.165, 1.54) is 25.3 Å². The lowest BCUT2D eigenvalue weighted by atomic mass is 10.1. The largest absolute Gasteiger partial charge is 0.504 e. The van der Waals surface area contributed by atoms with Crippen LogP contribution in [0.1, 0.15) is 32.6 Å². The van der Waals surface area contributed by atoms with Crippen molar-refractivity contribution in [1.82, 2.24) is 0 Å². The Morgan fingerprint density at radius 2 is 1.68 bits per heavy atom. The molecule has 0 fully saturated rings. The number of methoxy groups -OCH3 is 2. The minimum atomic E-state index is -0.192. The van der Waals surface area contributed by atoms with Crippen molar-refractivity contribution in [2.24, 2.45) is 0 Å². The monoisotopic (exact) mass is 418 g/mol. The summed E-state index contributed by atoms with van der Waals surface area (Å²) in [5, 5.41) is 9.69. The number of carbonyl (C=O) groups excluding carboxylic acids is 1. The summed E-state index contributed by atoms with van der Waals surface area (Å²) in [5.41, 5.74) is 4.35. The third-order valence-electron chi connectivity index (χ3n) is 4.92. The number of ketones is 1. The molecule has 5 nitrogen and oxygen atoms in total. The van der Waals surface area contributed by atoms with Crippen LogP contribution in [0.4, 0.5) is 0 Å². The van der Waals surface area contributed by atoms with Gasteiger partial charge in [0.2, 0.25) is 0 Å². The van der Waals surface area contributed by atoms with Gasteiger partial charge in [0.15, 0.2) is 17.3 Å². The van der Waals surface area contributed by atoms with Crippen LogP contribution in [-0.4, -0.2) is 25.1 Å². The molecule has 3 aromatic rings. The Hall–Kier alpha value is -3.73. The quantitative estimate of drug-likeness (QED) is 0.386. The number of aromatic hydroxyl groups is 1. The fourth-order valence-corrected chi connectivity index (χ4v) is 3.13. The number of ether oxygens (including phenoxy) is 3. The molecule has 3 aromatic carbocycles. The summed E-state index contributed by atoms with van der Waals surface area (Å²) in [6.07, 6.45) is 3.23. The molecule has 0 aliphatic heterocycles. The molecule has 5 heteroatoms. The van der Waals surface area contributed by atoms with Crippen LogP contribution in [0.15, 0.2) is 60.7 Å². The van der Waals surface area contributed by atoms with E-state index in [-0.39, 0.29) is 17.3 Å². The van der Waals surface area contributed by atoms with E-state index in [1.54, 1.807) is 19.3 Å². The molecule has 0 saturated heterocycles. The predicted octanol–water partition coefficient (Wildman–Crippen LogP) is 5.50. The number of phenols is 1. The average molecular weight is 418 g/mol. The first kappa shape index (κ1) is 22.0. The number of allylic oxidation sites excluding steroid dienone is 1. The third-order valence-corrected chi connectivity index (χ3v) is 4.92. The number of hydrogen-bond donors (Lipinski definition) is 1. The molecule has 0 aromatic heterocycles. The summed E-state index contributed by atoms with van der Waals surface area (Å²) in [6, 6.07) is 16.3. The van der Waals surface area contributed by atoms with Crippen molar-refractivity contribution in [3.05, 3.63) is 88.5 Å². The maximum Gasteiger partial charge on any atom is 0.185 e. The zero-order chi connectivity index (χ0) is 22.4. The van der Waals surface area contributed by atoms with E-state index in [1.807, 2.05) is 44.2 Å². The van der Waals surface area contributed by atoms with Gasteiger partial charge in [-0.2, -0.15) is 0 Å². The first-order valence-corrected chi connectivity index (χ1v) is 9.87. The van der Waals surface area contributed by atoms with Gasteiger partial charge in [0.1, 0.15) is 18.1 Å². The van der Waals surface area contributed by atoms with E-state index < -0.39 is 0 Å². The molecule has 3 rings (SSSR count). The number of phenolic OH excluding ortho intramolecular Hbond substituents is 1. The van der Waals surface area contributed by atoms with Crippen LogP contribution >= 0.6 is 0 Å². The van der Waals surface area contributed by atoms with Crippen molar-refractivity contribution in [3.8, 4) is 23.0 Å². The highest BCUT2D eigenvalue weighted by atomic mass is 16.5. The molecule has 0 spiro atoms. The van der Waals surface area contributed by atoms with E-state index in [4.69, 9.17) is 14.2 Å². The molecule has 160 valence electrons. The van der Waals surface area contributed by atoms with Gasteiger partial charge in [0.05, 0.1) is 14.2 Å². The summed E-state index contributed by atoms with van der Waals surface area (Å²) in [5.74, 6) is 1.61. The third kappa shape index (κ3) is 5.45. The van der Waals surface area contributed by atoms with Gasteiger partial charge in [-0.25, -0.2) is 0 Å². The molecule has 1 N–H and O–H groups in total. The van der Waals surface area contributed by atoms with Crippen LogP contribution in [0.5, 0.6) is 23.0 Å². The Kier molecular flexibility index (Phi) is 6.98. The maximum absolute atomic E-state index is 12.5. The van der Waals surface area contributed by atoms with E-state index in [9.17, 15) is 9.90 Å². The van der Waals surface area contributed by atoms with Crippen LogP contribution in [0.2, 0.25) is 0 Å². The molecule has 31 heavy (non-hydrogen) atoms. The second kappa shape index (κ2) is 9.85. The number of hydrogen-bond acceptors (Lipinski definition) is 5. The number of carbonyl (C=O) groups is 1. The van der Waals surface area contributed by atoms with E-state index in [0.717, 1.165) is 33.8 Å². The predicted molar refractivity (Wildman–Crippen MR) is 121 cm³/mol. The topological polar surface area (TPSA) is 65.0 Å². The van der Waals surface area contributed by atoms with E-state index in [0.29, 0.717) is 12.2 Å². The van der Waals surface area contributed by atoms with Gasteiger partial charge in [0, 0.05) is 11.1 Å². The van der Waals surface area contributed by atoms with Crippen LogP contribution < -0.4 is 14.2 Å². The van der Waals surface area contributed by atoms with E-state index >= 15 is 0 Å². The minimum absolute atomic E-state index is 0.00771. The first-order chi connectivity index (χ1) is 14.9. The maximum atomic E-state index is 12.5. The zero-order valence-electron chi connectivity index (χ0n) is 18.1. The van der Waals surface area contributed by atoms with Crippen molar-refractivity contribution >= 4 is 11.9 Å². The SMILES string of the molecule is COc1cc(C(=O)/C=C/c2ccc(OC)c(COc3cc(C)ccc3C)c2)ccc1O. The van der Waals surface area contributed by atoms with Gasteiger partial charge in [0.25, 0.3) is 0 Å². The van der Waals surface area contributed by atoms with E-state index in [2.05, 4.69) is 6.07 Å². The van der Waals surface area contributed by atoms with Gasteiger partial charge in [-0.05, 0) is 73.0 Å². The highest BCUT2D eigenvalue weighted by Crippen LogP contribution is 2.27. The smallest absolute Gasteiger partial charge is 0.185 e. The van der Waals surface area contributed by atoms with Crippen molar-refractivity contribution in [2.45, 2.75) is 20.5 Å². The molecular formula is C26H26O5. The Bertz CT molecular complexity index is 1110. The second-order valence-corrected chi connectivity index (χ2v) is 7.21. The lowest BCUT2D eigenvalue weighted by molar-refractivity contribution is 0.104. The molecule has 0 unspecified atom stereocenters. The van der Waals surface area contributed by atoms with Gasteiger partial charge >= 0.3 is 0 Å². The second-order valence-electron chi connectivity index (χ2n) is 7.21. The van der Waals surface area contributed by atoms with Crippen LogP contribution in [-0.2, 0) is 6.61 Å². The molecule has 0 heterocycles. The molecule has 0 atom stereocenters. The summed E-state index contributed by atoms with van der Waals surface area (Å²) >= 11 is 0. The molecule has 0 saturated carbocycles. The summed E-state index contributed by atoms with van der Waals surface area (Å²) in [4.78, 5) is 12.5. The Morgan fingerprint density at radius 1 is 0.903 bits per heavy atom. The van der Waals surface area contributed by atoms with Crippen LogP contribution in [0.25, 0.3) is 6.08 Å². The fraction of sp³-hybridized carbons (Fsp3) is 0.192. The van der Waals surface area contributed by atoms with Gasteiger partial charge in [-0.15, -0.1) is 0 Å². The van der Waals surface area contributed by atoms with Gasteiger partial charge in [-0.1, -0.05) is 24.3 Å². The lowest BCUT2D eigenvalue weighted by Crippen LogP contribution is -2.01. The Labute approximate surface area is 182 Å². The van der Waals surface area contributed by atoms with Crippen LogP contribution in [0.3, 0.4) is 0 Å². The highest BCUT2D eigenvalue weighted by Gasteiger charge is 2.09. The highest BCUT2D eigenvalue weighted by molar-refractivity contribution is 6.07. The zero-order valence-corrected chi connectivity index (χ0v) is 18.1. The van der Waals surface area contributed by atoms with Crippen molar-refractivity contribution in [1.29, 1.82) is 0 Å². The number of aryl methyl sites for hydroxylation is 2. The Morgan fingerprint density at radius 3 is 2.42 bits per heavy atom. The van der Waals surface area contributed by atoms with Gasteiger partial charge < -0.3 is 19.3 Å². The Balaban J connectivity index is 1.78. The standard InChI is InChI=1S/C26H26O5/c1-17-5-6-18(2)25(13-17)31-16-21-14-19(8-12-24(21)29-3)7-10-22(27)20-9-11-23(28)26(15-20)30-4/h5-15,28H,16H2,1-4H3/b10-7+. The number of benzene rings is 3. The molecule has 0 aliphatic rings. The van der Waals surface area contributed by atoms with Gasteiger partial charge in [-0.3, -0.25) is 4.79 Å². The molecule has 0 radical (unpaired) electrons. The molecule has 0 amide bonds. The summed E-state index contributed by atoms with van der Waals surface area (Å²) in [7, 11) is 3.06. The van der Waals surface area contributed by atoms with Crippen molar-refractivity contribution in [2.75, 3.05) is 14.2 Å². The van der Waals surface area contributed by atoms with Crippen LogP contribution in [0, 0.1) is 13.8 Å². The summed E-state index contributed by atoms with van der Waals surface area (Å²) in [6.45, 7) is 4.38. The minimum Gasteiger partial charge on any atom is -0.504 e.